The van der Waals surface area contributed by atoms with Crippen LogP contribution in [0.5, 0.6) is 0 Å². The number of aromatic nitrogens is 1. The summed E-state index contributed by atoms with van der Waals surface area (Å²) in [5.41, 5.74) is 6.27. The van der Waals surface area contributed by atoms with Crippen molar-refractivity contribution in [2.24, 2.45) is 10.9 Å². The fraction of sp³-hybridized carbons (Fsp3) is 0.484. The van der Waals surface area contributed by atoms with E-state index in [4.69, 9.17) is 33.2 Å². The third kappa shape index (κ3) is 5.38. The summed E-state index contributed by atoms with van der Waals surface area (Å²) in [7, 11) is 2.21. The van der Waals surface area contributed by atoms with Crippen molar-refractivity contribution in [2.45, 2.75) is 57.4 Å². The van der Waals surface area contributed by atoms with Crippen LogP contribution in [-0.4, -0.2) is 49.2 Å². The van der Waals surface area contributed by atoms with Gasteiger partial charge in [-0.15, -0.1) is 0 Å². The van der Waals surface area contributed by atoms with Crippen molar-refractivity contribution in [3.8, 4) is 0 Å². The molecule has 0 spiro atoms. The minimum atomic E-state index is 0.384. The van der Waals surface area contributed by atoms with Gasteiger partial charge in [0, 0.05) is 69.8 Å². The summed E-state index contributed by atoms with van der Waals surface area (Å²) in [6.45, 7) is 3.76. The summed E-state index contributed by atoms with van der Waals surface area (Å²) in [5, 5.41) is 12.6. The van der Waals surface area contributed by atoms with E-state index in [1.165, 1.54) is 71.8 Å². The first kappa shape index (κ1) is 25.9. The first-order valence-electron chi connectivity index (χ1n) is 14.2. The Morgan fingerprint density at radius 2 is 1.66 bits per heavy atom. The topological polar surface area (TPSA) is 52.5 Å². The lowest BCUT2D eigenvalue weighted by molar-refractivity contribution is 0.334. The smallest absolute Gasteiger partial charge is 0.0741 e. The minimum absolute atomic E-state index is 0.384. The van der Waals surface area contributed by atoms with Crippen molar-refractivity contribution >= 4 is 45.5 Å². The van der Waals surface area contributed by atoms with Gasteiger partial charge in [0.2, 0.25) is 0 Å². The molecule has 2 heterocycles. The Kier molecular flexibility index (Phi) is 7.78. The van der Waals surface area contributed by atoms with Crippen LogP contribution in [0.2, 0.25) is 10.0 Å². The van der Waals surface area contributed by atoms with Crippen molar-refractivity contribution < 1.29 is 0 Å². The van der Waals surface area contributed by atoms with Crippen LogP contribution in [0.15, 0.2) is 41.4 Å². The Morgan fingerprint density at radius 1 is 0.895 bits per heavy atom. The molecule has 200 valence electrons. The summed E-state index contributed by atoms with van der Waals surface area (Å²) < 4.78 is 0. The lowest BCUT2D eigenvalue weighted by Gasteiger charge is -2.34. The summed E-state index contributed by atoms with van der Waals surface area (Å²) >= 11 is 12.6. The van der Waals surface area contributed by atoms with Crippen molar-refractivity contribution in [1.29, 1.82) is 0 Å². The van der Waals surface area contributed by atoms with E-state index in [0.29, 0.717) is 12.0 Å². The van der Waals surface area contributed by atoms with Gasteiger partial charge in [0.1, 0.15) is 0 Å². The highest BCUT2D eigenvalue weighted by Crippen LogP contribution is 2.34. The molecule has 6 rings (SSSR count). The molecule has 2 aliphatic carbocycles. The Bertz CT molecular complexity index is 1450. The second-order valence-corrected chi connectivity index (χ2v) is 12.0. The summed E-state index contributed by atoms with van der Waals surface area (Å²) in [4.78, 5) is 12.4. The van der Waals surface area contributed by atoms with Crippen LogP contribution in [0.1, 0.15) is 49.8 Å². The molecule has 3 aromatic rings. The van der Waals surface area contributed by atoms with E-state index in [-0.39, 0.29) is 0 Å². The van der Waals surface area contributed by atoms with Crippen molar-refractivity contribution in [2.75, 3.05) is 38.5 Å². The molecule has 1 aliphatic heterocycles. The first-order chi connectivity index (χ1) is 18.6. The zero-order chi connectivity index (χ0) is 26.1. The molecular weight excluding hydrogens is 513 g/mol. The maximum atomic E-state index is 6.30. The molecule has 0 saturated heterocycles. The third-order valence-corrected chi connectivity index (χ3v) is 8.95. The first-order valence-corrected chi connectivity index (χ1v) is 15.0. The molecule has 2 N–H and O–H groups in total. The number of hydrogen-bond acceptors (Lipinski definition) is 5. The van der Waals surface area contributed by atoms with E-state index in [0.717, 1.165) is 59.9 Å². The SMILES string of the molecule is CN(CCNC1=c2ccc(Cl)cc2=NC2CCCCC12)CCNc1c2c(nc3cc(Cl)ccc13)CCCC2. The number of aryl methyl sites for hydroxylation is 1. The molecule has 1 aromatic heterocycles. The highest BCUT2D eigenvalue weighted by molar-refractivity contribution is 6.31. The number of halogens is 2. The van der Waals surface area contributed by atoms with Crippen LogP contribution in [0.3, 0.4) is 0 Å². The molecule has 0 radical (unpaired) electrons. The van der Waals surface area contributed by atoms with Gasteiger partial charge in [0.05, 0.1) is 16.9 Å². The number of benzene rings is 2. The number of likely N-dealkylation sites (N-methyl/N-ethyl adjacent to an activating group) is 1. The lowest BCUT2D eigenvalue weighted by atomic mass is 9.80. The molecule has 1 fully saturated rings. The van der Waals surface area contributed by atoms with Crippen LogP contribution in [0.4, 0.5) is 5.69 Å². The van der Waals surface area contributed by atoms with E-state index in [9.17, 15) is 0 Å². The number of rotatable bonds is 8. The average Bonchev–Trinajstić information content (AvgIpc) is 2.92. The molecule has 38 heavy (non-hydrogen) atoms. The molecule has 7 heteroatoms. The lowest BCUT2D eigenvalue weighted by Crippen LogP contribution is -2.46. The van der Waals surface area contributed by atoms with Gasteiger partial charge >= 0.3 is 0 Å². The molecule has 5 nitrogen and oxygen atoms in total. The van der Waals surface area contributed by atoms with Crippen LogP contribution in [0, 0.1) is 5.92 Å². The predicted octanol–water partition coefficient (Wildman–Crippen LogP) is 5.35. The third-order valence-electron chi connectivity index (χ3n) is 8.48. The molecule has 0 amide bonds. The fourth-order valence-corrected chi connectivity index (χ4v) is 6.84. The normalized spacial score (nSPS) is 20.5. The predicted molar refractivity (Wildman–Crippen MR) is 159 cm³/mol. The van der Waals surface area contributed by atoms with Crippen molar-refractivity contribution in [3.05, 3.63) is 68.3 Å². The molecule has 0 bridgehead atoms. The highest BCUT2D eigenvalue weighted by atomic mass is 35.5. The van der Waals surface area contributed by atoms with Crippen LogP contribution in [-0.2, 0) is 12.8 Å². The van der Waals surface area contributed by atoms with Gasteiger partial charge in [-0.1, -0.05) is 36.0 Å². The van der Waals surface area contributed by atoms with Crippen LogP contribution in [0.25, 0.3) is 16.6 Å². The van der Waals surface area contributed by atoms with Gasteiger partial charge in [0.15, 0.2) is 0 Å². The van der Waals surface area contributed by atoms with Crippen LogP contribution >= 0.6 is 23.2 Å². The van der Waals surface area contributed by atoms with Crippen molar-refractivity contribution in [1.82, 2.24) is 15.2 Å². The maximum absolute atomic E-state index is 6.30. The second kappa shape index (κ2) is 11.4. The Labute approximate surface area is 235 Å². The largest absolute Gasteiger partial charge is 0.386 e. The van der Waals surface area contributed by atoms with E-state index in [1.807, 2.05) is 24.3 Å². The molecular formula is C31H37Cl2N5. The monoisotopic (exact) mass is 549 g/mol. The standard InChI is InChI=1S/C31H37Cl2N5/c1-38(16-14-34-30-22-6-2-4-8-26(22)36-28-18-20(32)10-12-24(28)30)17-15-35-31-23-7-3-5-9-27(23)37-29-19-21(33)11-13-25(29)31/h10-13,18-19,22,26,34H,2-9,14-17H2,1H3,(H,35,37). The number of hydrogen-bond donors (Lipinski definition) is 2. The number of pyridine rings is 1. The summed E-state index contributed by atoms with van der Waals surface area (Å²) in [6, 6.07) is 12.6. The van der Waals surface area contributed by atoms with E-state index in [2.05, 4.69) is 34.7 Å². The molecule has 2 unspecified atom stereocenters. The maximum Gasteiger partial charge on any atom is 0.0741 e. The Morgan fingerprint density at radius 3 is 2.55 bits per heavy atom. The van der Waals surface area contributed by atoms with Gasteiger partial charge in [-0.25, -0.2) is 0 Å². The van der Waals surface area contributed by atoms with Gasteiger partial charge in [-0.3, -0.25) is 9.98 Å². The Hall–Kier alpha value is -2.34. The zero-order valence-corrected chi connectivity index (χ0v) is 23.7. The van der Waals surface area contributed by atoms with Crippen LogP contribution < -0.4 is 21.2 Å². The summed E-state index contributed by atoms with van der Waals surface area (Å²) in [6.07, 6.45) is 9.55. The van der Waals surface area contributed by atoms with Gasteiger partial charge in [-0.05, 0) is 87.5 Å². The summed E-state index contributed by atoms with van der Waals surface area (Å²) in [5.74, 6) is 0.504. The average molecular weight is 551 g/mol. The van der Waals surface area contributed by atoms with Gasteiger partial charge < -0.3 is 15.5 Å². The number of nitrogens with one attached hydrogen (secondary N) is 2. The number of nitrogens with zero attached hydrogens (tertiary/aromatic N) is 3. The van der Waals surface area contributed by atoms with E-state index in [1.54, 1.807) is 0 Å². The zero-order valence-electron chi connectivity index (χ0n) is 22.2. The minimum Gasteiger partial charge on any atom is -0.386 e. The second-order valence-electron chi connectivity index (χ2n) is 11.1. The fourth-order valence-electron chi connectivity index (χ4n) is 6.51. The molecule has 1 saturated carbocycles. The highest BCUT2D eigenvalue weighted by Gasteiger charge is 2.30. The van der Waals surface area contributed by atoms with E-state index >= 15 is 0 Å². The molecule has 2 aromatic carbocycles. The quantitative estimate of drug-likeness (QED) is 0.397. The molecule has 2 atom stereocenters. The van der Waals surface area contributed by atoms with E-state index < -0.39 is 0 Å². The van der Waals surface area contributed by atoms with Gasteiger partial charge in [0.25, 0.3) is 0 Å². The van der Waals surface area contributed by atoms with Gasteiger partial charge in [-0.2, -0.15) is 0 Å². The van der Waals surface area contributed by atoms with Crippen molar-refractivity contribution in [3.63, 3.8) is 0 Å². The molecule has 3 aliphatic rings. The number of fused-ring (bicyclic) bond motifs is 4. The number of anilines is 1. The Balaban J connectivity index is 1.10.